The number of benzene rings is 4. The van der Waals surface area contributed by atoms with Gasteiger partial charge in [-0.1, -0.05) is 121 Å². The first-order valence-electron chi connectivity index (χ1n) is 11.4. The van der Waals surface area contributed by atoms with Crippen LogP contribution in [0.3, 0.4) is 0 Å². The van der Waals surface area contributed by atoms with E-state index >= 15 is 0 Å². The number of nitrogens with zero attached hydrogens (tertiary/aromatic N) is 4. The third-order valence-electron chi connectivity index (χ3n) is 5.95. The third-order valence-corrected chi connectivity index (χ3v) is 5.95. The number of hydrogen-bond acceptors (Lipinski definition) is 4. The van der Waals surface area contributed by atoms with Crippen molar-refractivity contribution in [2.45, 2.75) is 12.3 Å². The Balaban J connectivity index is 1.45. The van der Waals surface area contributed by atoms with E-state index in [1.807, 2.05) is 72.8 Å². The molecule has 0 radical (unpaired) electrons. The summed E-state index contributed by atoms with van der Waals surface area (Å²) in [5.74, 6) is 0. The van der Waals surface area contributed by atoms with Crippen LogP contribution in [-0.4, -0.2) is 35.2 Å². The maximum Gasteiger partial charge on any atom is 0.183 e. The van der Waals surface area contributed by atoms with E-state index in [0.29, 0.717) is 0 Å². The van der Waals surface area contributed by atoms with Crippen molar-refractivity contribution in [1.82, 2.24) is 0 Å². The minimum atomic E-state index is -0.412. The molecule has 0 unspecified atom stereocenters. The summed E-state index contributed by atoms with van der Waals surface area (Å²) < 4.78 is 0. The Bertz CT molecular complexity index is 1200. The van der Waals surface area contributed by atoms with Gasteiger partial charge in [0.05, 0.1) is 22.8 Å². The lowest BCUT2D eigenvalue weighted by molar-refractivity contribution is 0.585. The maximum atomic E-state index is 5.05. The highest BCUT2D eigenvalue weighted by atomic mass is 15.2. The molecule has 0 aromatic heterocycles. The Labute approximate surface area is 198 Å². The molecule has 2 aliphatic heterocycles. The first kappa shape index (κ1) is 20.2. The zero-order chi connectivity index (χ0) is 22.7. The Morgan fingerprint density at radius 1 is 0.294 bits per heavy atom. The van der Waals surface area contributed by atoms with Gasteiger partial charge in [0.2, 0.25) is 0 Å². The first-order chi connectivity index (χ1) is 16.9. The summed E-state index contributed by atoms with van der Waals surface area (Å²) in [6, 6.07) is 40.9. The van der Waals surface area contributed by atoms with Crippen molar-refractivity contribution in [1.29, 1.82) is 0 Å². The molecule has 2 aliphatic rings. The Kier molecular flexibility index (Phi) is 5.24. The second-order valence-electron chi connectivity index (χ2n) is 8.20. The molecule has 0 saturated carbocycles. The maximum absolute atomic E-state index is 5.05. The van der Waals surface area contributed by atoms with Crippen molar-refractivity contribution in [2.75, 3.05) is 0 Å². The van der Waals surface area contributed by atoms with Crippen LogP contribution in [0.15, 0.2) is 141 Å². The average molecular weight is 439 g/mol. The van der Waals surface area contributed by atoms with Gasteiger partial charge >= 0.3 is 0 Å². The van der Waals surface area contributed by atoms with Gasteiger partial charge in [0.1, 0.15) is 0 Å². The molecule has 4 heteroatoms. The molecule has 0 amide bonds. The van der Waals surface area contributed by atoms with Crippen LogP contribution in [-0.2, 0) is 0 Å². The van der Waals surface area contributed by atoms with Crippen LogP contribution in [0.4, 0.5) is 0 Å². The molecule has 4 aromatic rings. The van der Waals surface area contributed by atoms with Gasteiger partial charge in [-0.3, -0.25) is 20.0 Å². The van der Waals surface area contributed by atoms with Crippen LogP contribution < -0.4 is 0 Å². The fourth-order valence-electron chi connectivity index (χ4n) is 4.33. The van der Waals surface area contributed by atoms with E-state index in [2.05, 4.69) is 48.5 Å². The molecule has 162 valence electrons. The summed E-state index contributed by atoms with van der Waals surface area (Å²) in [4.78, 5) is 20.2. The molecule has 0 bridgehead atoms. The zero-order valence-electron chi connectivity index (χ0n) is 18.5. The minimum Gasteiger partial charge on any atom is -0.251 e. The summed E-state index contributed by atoms with van der Waals surface area (Å²) in [6.07, 6.45) is -0.823. The molecule has 0 N–H and O–H groups in total. The highest BCUT2D eigenvalue weighted by Gasteiger charge is 2.33. The highest BCUT2D eigenvalue weighted by Crippen LogP contribution is 2.26. The Morgan fingerprint density at radius 3 is 0.706 bits per heavy atom. The van der Waals surface area contributed by atoms with Gasteiger partial charge < -0.3 is 0 Å². The van der Waals surface area contributed by atoms with Crippen molar-refractivity contribution in [3.05, 3.63) is 144 Å². The lowest BCUT2D eigenvalue weighted by Gasteiger charge is -2.07. The van der Waals surface area contributed by atoms with E-state index < -0.39 is 12.3 Å². The van der Waals surface area contributed by atoms with Crippen molar-refractivity contribution >= 4 is 22.8 Å². The molecule has 0 spiro atoms. The normalized spacial score (nSPS) is 16.1. The summed E-state index contributed by atoms with van der Waals surface area (Å²) in [5, 5.41) is 0. The highest BCUT2D eigenvalue weighted by molar-refractivity contribution is 6.55. The van der Waals surface area contributed by atoms with Crippen molar-refractivity contribution in [3.63, 3.8) is 0 Å². The van der Waals surface area contributed by atoms with Crippen molar-refractivity contribution in [3.8, 4) is 0 Å². The second kappa shape index (κ2) is 8.83. The van der Waals surface area contributed by atoms with E-state index in [1.54, 1.807) is 0 Å². The second-order valence-corrected chi connectivity index (χ2v) is 8.20. The van der Waals surface area contributed by atoms with Gasteiger partial charge in [-0.2, -0.15) is 0 Å². The zero-order valence-corrected chi connectivity index (χ0v) is 18.5. The summed E-state index contributed by atoms with van der Waals surface area (Å²) in [5.41, 5.74) is 7.73. The first-order valence-corrected chi connectivity index (χ1v) is 11.4. The quantitative estimate of drug-likeness (QED) is 0.388. The van der Waals surface area contributed by atoms with E-state index in [0.717, 1.165) is 45.1 Å². The van der Waals surface area contributed by atoms with Crippen molar-refractivity contribution in [2.24, 2.45) is 20.0 Å². The molecular formula is C30H22N4. The largest absolute Gasteiger partial charge is 0.251 e. The van der Waals surface area contributed by atoms with Crippen LogP contribution in [0.25, 0.3) is 0 Å². The minimum absolute atomic E-state index is 0.412. The number of rotatable bonds is 5. The standard InChI is InChI=1S/C30H22N4/c1-5-13-21(14-6-1)25-26(22-15-7-2-8-16-22)32-29(31-25)30-33-27(23-17-9-3-10-18-23)28(34-30)24-19-11-4-12-20-24/h1-20,29-30H. The molecule has 0 atom stereocenters. The van der Waals surface area contributed by atoms with Gasteiger partial charge in [0.25, 0.3) is 0 Å². The lowest BCUT2D eigenvalue weighted by atomic mass is 10.0. The van der Waals surface area contributed by atoms with Crippen molar-refractivity contribution < 1.29 is 0 Å². The fraction of sp³-hybridized carbons (Fsp3) is 0.0667. The SMILES string of the molecule is c1ccc(C2=NC(C3N=C(c4ccccc4)C(c4ccccc4)=N3)N=C2c2ccccc2)cc1. The molecule has 0 aliphatic carbocycles. The van der Waals surface area contributed by atoms with E-state index in [9.17, 15) is 0 Å². The molecule has 4 aromatic carbocycles. The van der Waals surface area contributed by atoms with Gasteiger partial charge in [-0.25, -0.2) is 0 Å². The fourth-order valence-corrected chi connectivity index (χ4v) is 4.33. The average Bonchev–Trinajstić information content (AvgIpc) is 3.56. The lowest BCUT2D eigenvalue weighted by Crippen LogP contribution is -2.15. The predicted molar refractivity (Wildman–Crippen MR) is 139 cm³/mol. The van der Waals surface area contributed by atoms with E-state index in [-0.39, 0.29) is 0 Å². The van der Waals surface area contributed by atoms with Crippen LogP contribution in [0, 0.1) is 0 Å². The molecule has 4 nitrogen and oxygen atoms in total. The summed E-state index contributed by atoms with van der Waals surface area (Å²) in [6.45, 7) is 0. The Hall–Kier alpha value is -4.44. The van der Waals surface area contributed by atoms with Gasteiger partial charge in [-0.05, 0) is 0 Å². The van der Waals surface area contributed by atoms with Crippen LogP contribution in [0.1, 0.15) is 22.3 Å². The summed E-state index contributed by atoms with van der Waals surface area (Å²) >= 11 is 0. The van der Waals surface area contributed by atoms with Crippen LogP contribution in [0.5, 0.6) is 0 Å². The molecule has 2 heterocycles. The topological polar surface area (TPSA) is 49.4 Å². The molecular weight excluding hydrogens is 416 g/mol. The molecule has 6 rings (SSSR count). The number of hydrogen-bond donors (Lipinski definition) is 0. The monoisotopic (exact) mass is 438 g/mol. The van der Waals surface area contributed by atoms with Crippen LogP contribution >= 0.6 is 0 Å². The van der Waals surface area contributed by atoms with E-state index in [4.69, 9.17) is 20.0 Å². The van der Waals surface area contributed by atoms with E-state index in [1.165, 1.54) is 0 Å². The third kappa shape index (κ3) is 3.80. The van der Waals surface area contributed by atoms with Crippen LogP contribution in [0.2, 0.25) is 0 Å². The molecule has 0 saturated heterocycles. The van der Waals surface area contributed by atoms with Gasteiger partial charge in [-0.15, -0.1) is 0 Å². The smallest absolute Gasteiger partial charge is 0.183 e. The molecule has 0 fully saturated rings. The van der Waals surface area contributed by atoms with Gasteiger partial charge in [0, 0.05) is 22.3 Å². The summed E-state index contributed by atoms with van der Waals surface area (Å²) in [7, 11) is 0. The predicted octanol–water partition coefficient (Wildman–Crippen LogP) is 5.62. The Morgan fingerprint density at radius 2 is 0.500 bits per heavy atom. The molecule has 34 heavy (non-hydrogen) atoms. The van der Waals surface area contributed by atoms with Gasteiger partial charge in [0.15, 0.2) is 12.3 Å². The number of aliphatic imine (C=N–C) groups is 4.